The van der Waals surface area contributed by atoms with Crippen molar-refractivity contribution in [3.8, 4) is 0 Å². The minimum Gasteiger partial charge on any atom is -0.428 e. The Labute approximate surface area is 75.9 Å². The highest BCUT2D eigenvalue weighted by atomic mass is 17.1. The monoisotopic (exact) mass is 188 g/mol. The largest absolute Gasteiger partial charge is 0.428 e. The van der Waals surface area contributed by atoms with Crippen LogP contribution in [-0.4, -0.2) is 23.1 Å². The summed E-state index contributed by atoms with van der Waals surface area (Å²) >= 11 is 0. The Balaban J connectivity index is 3.92. The lowest BCUT2D eigenvalue weighted by atomic mass is 10.3. The summed E-state index contributed by atoms with van der Waals surface area (Å²) in [5, 5.41) is 8.18. The Morgan fingerprint density at radius 3 is 2.46 bits per heavy atom. The van der Waals surface area contributed by atoms with Gasteiger partial charge in [0.25, 0.3) is 0 Å². The molecule has 0 aliphatic rings. The molecule has 13 heavy (non-hydrogen) atoms. The van der Waals surface area contributed by atoms with Gasteiger partial charge in [-0.15, -0.1) is 0 Å². The smallest absolute Gasteiger partial charge is 0.318 e. The van der Waals surface area contributed by atoms with Crippen molar-refractivity contribution in [3.63, 3.8) is 0 Å². The molecular weight excluding hydrogens is 176 g/mol. The maximum absolute atomic E-state index is 10.8. The van der Waals surface area contributed by atoms with Crippen molar-refractivity contribution >= 4 is 11.8 Å². The maximum Gasteiger partial charge on any atom is 0.318 e. The van der Waals surface area contributed by atoms with Crippen molar-refractivity contribution in [2.75, 3.05) is 0 Å². The van der Waals surface area contributed by atoms with Crippen LogP contribution in [0, 0.1) is 0 Å². The molecule has 1 unspecified atom stereocenters. The molecule has 74 valence electrons. The Morgan fingerprint density at radius 2 is 2.08 bits per heavy atom. The Morgan fingerprint density at radius 1 is 1.54 bits per heavy atom. The summed E-state index contributed by atoms with van der Waals surface area (Å²) in [5.74, 6) is -1.04. The predicted molar refractivity (Wildman–Crippen MR) is 43.7 cm³/mol. The minimum atomic E-state index is -0.795. The summed E-state index contributed by atoms with van der Waals surface area (Å²) in [5.41, 5.74) is 0. The lowest BCUT2D eigenvalue weighted by Gasteiger charge is -2.10. The molecule has 0 amide bonds. The van der Waals surface area contributed by atoms with Crippen molar-refractivity contribution in [2.24, 2.45) is 0 Å². The molecule has 0 saturated carbocycles. The first-order valence-corrected chi connectivity index (χ1v) is 3.66. The number of ketones is 1. The third kappa shape index (κ3) is 5.10. The van der Waals surface area contributed by atoms with E-state index >= 15 is 0 Å². The standard InChI is InChI=1S/C8H12O5/c1-5(9)4-8(10)12-6(2)7(3)13-11/h7,11H,2,4H2,1,3H3. The van der Waals surface area contributed by atoms with Gasteiger partial charge in [0.15, 0.2) is 0 Å². The Hall–Kier alpha value is -1.20. The highest BCUT2D eigenvalue weighted by Crippen LogP contribution is 2.05. The fourth-order valence-electron chi connectivity index (χ4n) is 0.527. The van der Waals surface area contributed by atoms with Crippen molar-refractivity contribution in [1.82, 2.24) is 0 Å². The van der Waals surface area contributed by atoms with Crippen molar-refractivity contribution < 1.29 is 24.5 Å². The fraction of sp³-hybridized carbons (Fsp3) is 0.500. The van der Waals surface area contributed by atoms with E-state index < -0.39 is 12.1 Å². The van der Waals surface area contributed by atoms with Crippen LogP contribution < -0.4 is 0 Å². The second-order valence-electron chi connectivity index (χ2n) is 2.57. The number of hydrogen-bond donors (Lipinski definition) is 1. The molecule has 1 N–H and O–H groups in total. The summed E-state index contributed by atoms with van der Waals surface area (Å²) in [6.45, 7) is 6.05. The van der Waals surface area contributed by atoms with E-state index in [9.17, 15) is 9.59 Å². The van der Waals surface area contributed by atoms with E-state index in [1.807, 2.05) is 0 Å². The molecule has 0 aliphatic carbocycles. The third-order valence-corrected chi connectivity index (χ3v) is 1.25. The zero-order valence-corrected chi connectivity index (χ0v) is 7.57. The third-order valence-electron chi connectivity index (χ3n) is 1.25. The normalized spacial score (nSPS) is 11.9. The summed E-state index contributed by atoms with van der Waals surface area (Å²) in [4.78, 5) is 25.2. The van der Waals surface area contributed by atoms with Gasteiger partial charge in [-0.05, 0) is 13.8 Å². The van der Waals surface area contributed by atoms with Gasteiger partial charge in [-0.1, -0.05) is 6.58 Å². The highest BCUT2D eigenvalue weighted by Gasteiger charge is 2.13. The quantitative estimate of drug-likeness (QED) is 0.228. The number of ether oxygens (including phenoxy) is 1. The summed E-state index contributed by atoms with van der Waals surface area (Å²) < 4.78 is 4.57. The minimum absolute atomic E-state index is 0.0336. The second-order valence-corrected chi connectivity index (χ2v) is 2.57. The van der Waals surface area contributed by atoms with Crippen LogP contribution in [0.2, 0.25) is 0 Å². The van der Waals surface area contributed by atoms with Crippen molar-refractivity contribution in [1.29, 1.82) is 0 Å². The molecule has 5 nitrogen and oxygen atoms in total. The van der Waals surface area contributed by atoms with Gasteiger partial charge >= 0.3 is 5.97 Å². The fourth-order valence-corrected chi connectivity index (χ4v) is 0.527. The van der Waals surface area contributed by atoms with Crippen LogP contribution in [0.5, 0.6) is 0 Å². The van der Waals surface area contributed by atoms with Crippen molar-refractivity contribution in [2.45, 2.75) is 26.4 Å². The lowest BCUT2D eigenvalue weighted by molar-refractivity contribution is -0.270. The zero-order valence-electron chi connectivity index (χ0n) is 7.57. The van der Waals surface area contributed by atoms with Crippen LogP contribution in [0.3, 0.4) is 0 Å². The predicted octanol–water partition coefficient (Wildman–Crippen LogP) is 0.900. The van der Waals surface area contributed by atoms with Crippen LogP contribution in [-0.2, 0) is 19.2 Å². The summed E-state index contributed by atoms with van der Waals surface area (Å²) in [6.07, 6.45) is -1.10. The van der Waals surface area contributed by atoms with Gasteiger partial charge in [-0.2, -0.15) is 0 Å². The van der Waals surface area contributed by atoms with E-state index in [1.165, 1.54) is 13.8 Å². The number of rotatable bonds is 5. The topological polar surface area (TPSA) is 72.8 Å². The van der Waals surface area contributed by atoms with Crippen LogP contribution in [0.15, 0.2) is 12.3 Å². The number of carbonyl (C=O) groups excluding carboxylic acids is 2. The molecule has 0 fully saturated rings. The first kappa shape index (κ1) is 11.8. The van der Waals surface area contributed by atoms with Gasteiger partial charge < -0.3 is 4.74 Å². The first-order chi connectivity index (χ1) is 5.97. The molecule has 0 saturated heterocycles. The van der Waals surface area contributed by atoms with Gasteiger partial charge in [0.1, 0.15) is 24.1 Å². The molecular formula is C8H12O5. The zero-order chi connectivity index (χ0) is 10.4. The molecule has 0 bridgehead atoms. The van der Waals surface area contributed by atoms with Crippen LogP contribution in [0.4, 0.5) is 0 Å². The number of esters is 1. The molecule has 0 aromatic heterocycles. The summed E-state index contributed by atoms with van der Waals surface area (Å²) in [6, 6.07) is 0. The molecule has 0 aromatic carbocycles. The molecule has 0 aliphatic heterocycles. The summed E-state index contributed by atoms with van der Waals surface area (Å²) in [7, 11) is 0. The van der Waals surface area contributed by atoms with E-state index in [0.717, 1.165) is 0 Å². The SMILES string of the molecule is C=C(OC(=O)CC(C)=O)C(C)OO. The molecule has 0 heterocycles. The average molecular weight is 188 g/mol. The number of carbonyl (C=O) groups is 2. The first-order valence-electron chi connectivity index (χ1n) is 3.66. The molecule has 0 rings (SSSR count). The second kappa shape index (κ2) is 5.45. The van der Waals surface area contributed by atoms with E-state index in [1.54, 1.807) is 0 Å². The molecule has 0 aromatic rings. The van der Waals surface area contributed by atoms with Crippen LogP contribution in [0.1, 0.15) is 20.3 Å². The lowest BCUT2D eigenvalue weighted by Crippen LogP contribution is -2.16. The van der Waals surface area contributed by atoms with E-state index in [-0.39, 0.29) is 18.0 Å². The van der Waals surface area contributed by atoms with Gasteiger partial charge in [0.05, 0.1) is 0 Å². The van der Waals surface area contributed by atoms with Crippen LogP contribution in [0.25, 0.3) is 0 Å². The molecule has 5 heteroatoms. The average Bonchev–Trinajstić information content (AvgIpc) is 2.01. The van der Waals surface area contributed by atoms with Crippen LogP contribution >= 0.6 is 0 Å². The maximum atomic E-state index is 10.8. The number of hydrogen-bond acceptors (Lipinski definition) is 5. The van der Waals surface area contributed by atoms with Gasteiger partial charge in [0.2, 0.25) is 0 Å². The highest BCUT2D eigenvalue weighted by molar-refractivity contribution is 5.94. The van der Waals surface area contributed by atoms with Gasteiger partial charge in [-0.3, -0.25) is 14.8 Å². The van der Waals surface area contributed by atoms with Gasteiger partial charge in [-0.25, -0.2) is 4.89 Å². The molecule has 0 spiro atoms. The molecule has 0 radical (unpaired) electrons. The van der Waals surface area contributed by atoms with Gasteiger partial charge in [0, 0.05) is 0 Å². The van der Waals surface area contributed by atoms with E-state index in [4.69, 9.17) is 5.26 Å². The Bertz CT molecular complexity index is 221. The van der Waals surface area contributed by atoms with Crippen molar-refractivity contribution in [3.05, 3.63) is 12.3 Å². The Kier molecular flexibility index (Phi) is 4.94. The van der Waals surface area contributed by atoms with E-state index in [2.05, 4.69) is 16.2 Å². The molecule has 1 atom stereocenters. The number of Topliss-reactive ketones (excluding diaryl/α,β-unsaturated/α-hetero) is 1. The van der Waals surface area contributed by atoms with E-state index in [0.29, 0.717) is 0 Å².